The third kappa shape index (κ3) is 8.61. The number of ether oxygens (including phenoxy) is 1. The Labute approximate surface area is 523 Å². The van der Waals surface area contributed by atoms with Crippen LogP contribution in [0, 0.1) is 18.5 Å². The zero-order chi connectivity index (χ0) is 64.7. The minimum atomic E-state index is -0.579. The van der Waals surface area contributed by atoms with Crippen LogP contribution in [0.25, 0.3) is 94.5 Å². The van der Waals surface area contributed by atoms with Crippen LogP contribution in [0.5, 0.6) is 11.5 Å². The number of aromatic nitrogens is 4. The zero-order valence-electron chi connectivity index (χ0n) is 56.1. The van der Waals surface area contributed by atoms with Gasteiger partial charge < -0.3 is 23.5 Å². The summed E-state index contributed by atoms with van der Waals surface area (Å²) in [7, 11) is 0. The number of hydrogen-bond donors (Lipinski definition) is 0. The molecule has 0 spiro atoms. The molecule has 7 nitrogen and oxygen atoms in total. The van der Waals surface area contributed by atoms with E-state index in [0.717, 1.165) is 67.1 Å². The fraction of sp³-hybridized carbons (Fsp3) is 0.0526. The summed E-state index contributed by atoms with van der Waals surface area (Å²) in [5, 5.41) is 1.91. The maximum absolute atomic E-state index is 9.14. The van der Waals surface area contributed by atoms with Gasteiger partial charge in [0, 0.05) is 61.2 Å². The van der Waals surface area contributed by atoms with Crippen molar-refractivity contribution in [1.82, 2.24) is 14.1 Å². The van der Waals surface area contributed by atoms with Crippen molar-refractivity contribution in [2.24, 2.45) is 0 Å². The van der Waals surface area contributed by atoms with E-state index in [1.165, 1.54) is 16.6 Å². The van der Waals surface area contributed by atoms with Crippen LogP contribution in [0.15, 0.2) is 267 Å². The van der Waals surface area contributed by atoms with Crippen LogP contribution in [0.4, 0.5) is 22.7 Å². The number of anilines is 4. The molecule has 0 fully saturated rings. The van der Waals surface area contributed by atoms with Crippen molar-refractivity contribution in [3.05, 3.63) is 291 Å². The summed E-state index contributed by atoms with van der Waals surface area (Å²) < 4.78 is 100. The molecule has 0 unspecified atom stereocenters. The number of para-hydroxylation sites is 6. The number of imidazole rings is 1. The molecular formula is C76H53BN6OPt-2. The molecule has 0 saturated carbocycles. The second-order valence-electron chi connectivity index (χ2n) is 22.0. The van der Waals surface area contributed by atoms with Crippen molar-refractivity contribution in [3.8, 4) is 73.2 Å². The van der Waals surface area contributed by atoms with Gasteiger partial charge in [-0.2, -0.15) is 18.2 Å². The van der Waals surface area contributed by atoms with Gasteiger partial charge in [0.05, 0.1) is 41.8 Å². The molecule has 11 aromatic carbocycles. The molecule has 14 aromatic rings. The standard InChI is InChI=1S/C76H53BN6O.Pt/c1-76(2,3)53-44-45-78-74(46-53)81-67-43-40-55(82-71-38-18-19-39-72(71)83-68-35-15-13-31-63(68)61-29-11-10-28-60(61)62-30-12-14-34-66(62)77(82)83)48-65(67)64-42-41-57(49-73(64)81)84-56-27-20-26-54(47-56)79-50-80(70-37-17-16-36-69(70)79)75-58(51-22-6-4-7-23-51)32-21-33-59(75)52-24-8-5-9-25-52;/h4-46,48H,1-3H3;/q-2;/i4D,5D,6D,7D,8D,9D,22D,23D,24D,25D;. The molecule has 0 radical (unpaired) electrons. The number of nitrogens with zero attached hydrogens (tertiary/aromatic N) is 6. The van der Waals surface area contributed by atoms with Crippen LogP contribution >= 0.6 is 0 Å². The Balaban J connectivity index is 0.00000743. The van der Waals surface area contributed by atoms with Crippen LogP contribution in [0.1, 0.15) is 40.0 Å². The summed E-state index contributed by atoms with van der Waals surface area (Å²) in [6.45, 7) is 6.29. The van der Waals surface area contributed by atoms with Crippen LogP contribution in [-0.2, 0) is 26.5 Å². The van der Waals surface area contributed by atoms with E-state index in [2.05, 4.69) is 187 Å². The quantitative estimate of drug-likeness (QED) is 0.0864. The minimum absolute atomic E-state index is 0. The predicted molar refractivity (Wildman–Crippen MR) is 343 cm³/mol. The molecule has 0 saturated heterocycles. The predicted octanol–water partition coefficient (Wildman–Crippen LogP) is 17.6. The molecule has 3 aromatic heterocycles. The fourth-order valence-electron chi connectivity index (χ4n) is 12.4. The first-order valence-electron chi connectivity index (χ1n) is 32.8. The van der Waals surface area contributed by atoms with Gasteiger partial charge in [-0.15, -0.1) is 29.7 Å². The van der Waals surface area contributed by atoms with Crippen molar-refractivity contribution < 1.29 is 44.1 Å². The van der Waals surface area contributed by atoms with E-state index in [1.54, 1.807) is 33.4 Å². The average molecular weight is 1280 g/mol. The average Bonchev–Trinajstić information content (AvgIpc) is 1.71. The molecule has 0 N–H and O–H groups in total. The first-order chi connectivity index (χ1) is 45.5. The van der Waals surface area contributed by atoms with E-state index >= 15 is 0 Å². The Morgan fingerprint density at radius 3 is 1.87 bits per heavy atom. The molecule has 9 heteroatoms. The second-order valence-corrected chi connectivity index (χ2v) is 22.0. The summed E-state index contributed by atoms with van der Waals surface area (Å²) in [5.41, 5.74) is 14.4. The summed E-state index contributed by atoms with van der Waals surface area (Å²) in [5.74, 6) is 1.46. The second kappa shape index (κ2) is 20.7. The summed E-state index contributed by atoms with van der Waals surface area (Å²) in [6.07, 6.45) is 5.31. The van der Waals surface area contributed by atoms with Gasteiger partial charge >= 0.3 is 6.98 Å². The molecular weight excluding hydrogens is 1220 g/mol. The van der Waals surface area contributed by atoms with Gasteiger partial charge in [0.1, 0.15) is 5.82 Å². The molecule has 2 aliphatic rings. The van der Waals surface area contributed by atoms with Crippen LogP contribution in [0.2, 0.25) is 0 Å². The molecule has 0 bridgehead atoms. The summed E-state index contributed by atoms with van der Waals surface area (Å²) in [4.78, 5) is 10.00. The van der Waals surface area contributed by atoms with Gasteiger partial charge in [0.15, 0.2) is 0 Å². The summed E-state index contributed by atoms with van der Waals surface area (Å²) >= 11 is 0. The smallest absolute Gasteiger partial charge is 0.421 e. The van der Waals surface area contributed by atoms with Gasteiger partial charge in [0.2, 0.25) is 0 Å². The summed E-state index contributed by atoms with van der Waals surface area (Å²) in [6, 6.07) is 69.0. The van der Waals surface area contributed by atoms with Crippen molar-refractivity contribution >= 4 is 68.0 Å². The zero-order valence-corrected chi connectivity index (χ0v) is 48.4. The normalized spacial score (nSPS) is 14.1. The van der Waals surface area contributed by atoms with Crippen molar-refractivity contribution in [1.29, 1.82) is 0 Å². The molecule has 2 aliphatic heterocycles. The molecule has 0 atom stereocenters. The van der Waals surface area contributed by atoms with E-state index in [4.69, 9.17) is 23.4 Å². The van der Waals surface area contributed by atoms with Crippen LogP contribution in [-0.4, -0.2) is 21.1 Å². The van der Waals surface area contributed by atoms with Gasteiger partial charge in [0.25, 0.3) is 6.33 Å². The number of hydrogen-bond acceptors (Lipinski definition) is 4. The first kappa shape index (κ1) is 41.9. The Kier molecular flexibility index (Phi) is 10.2. The van der Waals surface area contributed by atoms with Crippen LogP contribution < -0.4 is 24.4 Å². The molecule has 16 rings (SSSR count). The number of rotatable bonds is 8. The Hall–Kier alpha value is -10.0. The Bertz CT molecular complexity index is 5410. The van der Waals surface area contributed by atoms with Crippen LogP contribution in [0.3, 0.4) is 0 Å². The molecule has 5 heterocycles. The monoisotopic (exact) mass is 1280 g/mol. The number of fused-ring (bicyclic) bond motifs is 14. The largest absolute Gasteiger partial charge is 0.510 e. The van der Waals surface area contributed by atoms with E-state index in [1.807, 2.05) is 48.7 Å². The van der Waals surface area contributed by atoms with E-state index < -0.39 is 60.4 Å². The van der Waals surface area contributed by atoms with Crippen molar-refractivity contribution in [2.45, 2.75) is 26.2 Å². The molecule has 0 aliphatic carbocycles. The minimum Gasteiger partial charge on any atom is -0.510 e. The SMILES string of the molecule is [2H]c1c([2H])c([2H])c(-c2cccc(-c3c([2H])c([2H])c([2H])c([2H])c3[2H])c2-[n+]2[c-]n(-c3[c-]c(Oc4[c-]c5c(cc4)c4cc(N6B7c8ccccc8-c8ccccc8-c8ccccc8N7c7ccccc76)ccc4n5-c4cc(C(C)(C)C)ccn4)ccc3)c3ccccc32)c([2H])c1[2H].[Pt]. The molecule has 85 heavy (non-hydrogen) atoms. The Morgan fingerprint density at radius 2 is 1.13 bits per heavy atom. The molecule has 408 valence electrons. The van der Waals surface area contributed by atoms with E-state index in [9.17, 15) is 0 Å². The number of benzene rings is 11. The molecule has 0 amide bonds. The maximum atomic E-state index is 9.14. The Morgan fingerprint density at radius 1 is 0.518 bits per heavy atom. The maximum Gasteiger partial charge on any atom is 0.421 e. The fourth-order valence-corrected chi connectivity index (χ4v) is 12.4. The van der Waals surface area contributed by atoms with Gasteiger partial charge in [-0.3, -0.25) is 4.57 Å². The van der Waals surface area contributed by atoms with E-state index in [-0.39, 0.29) is 61.4 Å². The first-order valence-corrected chi connectivity index (χ1v) is 27.8. The third-order valence-electron chi connectivity index (χ3n) is 16.1. The van der Waals surface area contributed by atoms with Gasteiger partial charge in [-0.1, -0.05) is 208 Å². The topological polar surface area (TPSA) is 42.3 Å². The number of pyridine rings is 1. The third-order valence-corrected chi connectivity index (χ3v) is 16.1. The van der Waals surface area contributed by atoms with Crippen molar-refractivity contribution in [2.75, 3.05) is 9.62 Å². The van der Waals surface area contributed by atoms with E-state index in [0.29, 0.717) is 28.2 Å². The van der Waals surface area contributed by atoms with Crippen molar-refractivity contribution in [3.63, 3.8) is 0 Å². The van der Waals surface area contributed by atoms with Gasteiger partial charge in [-0.25, -0.2) is 4.98 Å². The van der Waals surface area contributed by atoms with Gasteiger partial charge in [-0.05, 0) is 115 Å².